The van der Waals surface area contributed by atoms with E-state index < -0.39 is 0 Å². The van der Waals surface area contributed by atoms with Gasteiger partial charge in [0.1, 0.15) is 5.75 Å². The fourth-order valence-electron chi connectivity index (χ4n) is 0.806. The molecule has 1 aromatic heterocycles. The van der Waals surface area contributed by atoms with E-state index in [2.05, 4.69) is 27.8 Å². The molecule has 0 N–H and O–H groups in total. The van der Waals surface area contributed by atoms with E-state index in [1.165, 1.54) is 0 Å². The number of hydrogen-bond acceptors (Lipinski definition) is 2. The van der Waals surface area contributed by atoms with Crippen LogP contribution in [0.4, 0.5) is 0 Å². The van der Waals surface area contributed by atoms with Crippen LogP contribution in [0.5, 0.6) is 5.75 Å². The number of hydrogen-bond donors (Lipinski definition) is 0. The van der Waals surface area contributed by atoms with Gasteiger partial charge in [-0.15, -0.1) is 0 Å². The third-order valence-corrected chi connectivity index (χ3v) is 1.88. The molecule has 0 saturated heterocycles. The van der Waals surface area contributed by atoms with Crippen LogP contribution >= 0.6 is 15.9 Å². The summed E-state index contributed by atoms with van der Waals surface area (Å²) in [6.07, 6.45) is 5.71. The Morgan fingerprint density at radius 2 is 2.33 bits per heavy atom. The summed E-state index contributed by atoms with van der Waals surface area (Å²) >= 11 is 3.33. The van der Waals surface area contributed by atoms with Crippen LogP contribution in [0.15, 0.2) is 22.9 Å². The van der Waals surface area contributed by atoms with Crippen LogP contribution in [0.3, 0.4) is 0 Å². The summed E-state index contributed by atoms with van der Waals surface area (Å²) in [6, 6.07) is 1.92. The van der Waals surface area contributed by atoms with Crippen LogP contribution in [-0.4, -0.2) is 11.6 Å². The maximum absolute atomic E-state index is 5.43. The molecule has 0 atom stereocenters. The fraction of sp³-hybridized carbons (Fsp3) is 0.444. The molecule has 0 fully saturated rings. The molecule has 1 heterocycles. The molecule has 0 aliphatic carbocycles. The van der Waals surface area contributed by atoms with E-state index in [1.54, 1.807) is 12.4 Å². The average molecular weight is 230 g/mol. The van der Waals surface area contributed by atoms with Crippen LogP contribution in [0.2, 0.25) is 0 Å². The van der Waals surface area contributed by atoms with Crippen molar-refractivity contribution in [2.75, 3.05) is 6.61 Å². The lowest BCUT2D eigenvalue weighted by Crippen LogP contribution is -1.96. The highest BCUT2D eigenvalue weighted by molar-refractivity contribution is 9.10. The predicted octanol–water partition coefficient (Wildman–Crippen LogP) is 3.02. The minimum atomic E-state index is 0.772. The zero-order valence-electron chi connectivity index (χ0n) is 7.09. The number of rotatable bonds is 4. The smallest absolute Gasteiger partial charge is 0.138 e. The van der Waals surface area contributed by atoms with Crippen molar-refractivity contribution in [1.29, 1.82) is 0 Å². The molecular weight excluding hydrogens is 218 g/mol. The lowest BCUT2D eigenvalue weighted by atomic mass is 10.4. The molecule has 12 heavy (non-hydrogen) atoms. The Morgan fingerprint density at radius 3 is 3.00 bits per heavy atom. The Morgan fingerprint density at radius 1 is 1.50 bits per heavy atom. The number of aromatic nitrogens is 1. The molecule has 0 aliphatic rings. The van der Waals surface area contributed by atoms with E-state index in [-0.39, 0.29) is 0 Å². The summed E-state index contributed by atoms with van der Waals surface area (Å²) in [7, 11) is 0. The summed E-state index contributed by atoms with van der Waals surface area (Å²) in [5.74, 6) is 0.831. The first-order valence-corrected chi connectivity index (χ1v) is 4.85. The van der Waals surface area contributed by atoms with Crippen molar-refractivity contribution in [1.82, 2.24) is 4.98 Å². The van der Waals surface area contributed by atoms with E-state index in [0.29, 0.717) is 0 Å². The first-order valence-electron chi connectivity index (χ1n) is 4.06. The third kappa shape index (κ3) is 3.22. The number of nitrogens with zero attached hydrogens (tertiary/aromatic N) is 1. The maximum Gasteiger partial charge on any atom is 0.138 e. The maximum atomic E-state index is 5.43. The Kier molecular flexibility index (Phi) is 4.08. The van der Waals surface area contributed by atoms with Gasteiger partial charge in [0.25, 0.3) is 0 Å². The minimum Gasteiger partial charge on any atom is -0.492 e. The summed E-state index contributed by atoms with van der Waals surface area (Å²) in [6.45, 7) is 2.91. The molecule has 0 radical (unpaired) electrons. The second-order valence-electron chi connectivity index (χ2n) is 2.54. The second-order valence-corrected chi connectivity index (χ2v) is 3.46. The first kappa shape index (κ1) is 9.52. The molecule has 0 spiro atoms. The van der Waals surface area contributed by atoms with E-state index >= 15 is 0 Å². The lowest BCUT2D eigenvalue weighted by molar-refractivity contribution is 0.308. The van der Waals surface area contributed by atoms with Crippen molar-refractivity contribution in [2.24, 2.45) is 0 Å². The van der Waals surface area contributed by atoms with Crippen LogP contribution in [0.25, 0.3) is 0 Å². The summed E-state index contributed by atoms with van der Waals surface area (Å²) in [5, 5.41) is 0. The second kappa shape index (κ2) is 5.14. The summed E-state index contributed by atoms with van der Waals surface area (Å²) in [4.78, 5) is 3.99. The van der Waals surface area contributed by atoms with Gasteiger partial charge in [0.2, 0.25) is 0 Å². The van der Waals surface area contributed by atoms with Crippen LogP contribution < -0.4 is 4.74 Å². The standard InChI is InChI=1S/C9H12BrNO/c1-2-3-4-12-9-5-8(10)6-11-7-9/h5-7H,2-4H2,1H3. The molecule has 66 valence electrons. The molecule has 0 saturated carbocycles. The number of unbranched alkanes of at least 4 members (excludes halogenated alkanes) is 1. The quantitative estimate of drug-likeness (QED) is 0.741. The molecule has 2 nitrogen and oxygen atoms in total. The van der Waals surface area contributed by atoms with E-state index in [9.17, 15) is 0 Å². The van der Waals surface area contributed by atoms with Crippen LogP contribution in [-0.2, 0) is 0 Å². The van der Waals surface area contributed by atoms with Crippen molar-refractivity contribution in [3.05, 3.63) is 22.9 Å². The van der Waals surface area contributed by atoms with Gasteiger partial charge in [-0.05, 0) is 28.4 Å². The van der Waals surface area contributed by atoms with Crippen molar-refractivity contribution >= 4 is 15.9 Å². The van der Waals surface area contributed by atoms with Gasteiger partial charge in [-0.25, -0.2) is 0 Å². The average Bonchev–Trinajstić information content (AvgIpc) is 2.05. The molecule has 0 aliphatic heterocycles. The number of halogens is 1. The molecule has 1 rings (SSSR count). The number of pyridine rings is 1. The molecule has 0 amide bonds. The zero-order valence-corrected chi connectivity index (χ0v) is 8.67. The highest BCUT2D eigenvalue weighted by Crippen LogP contribution is 2.15. The van der Waals surface area contributed by atoms with Gasteiger partial charge >= 0.3 is 0 Å². The van der Waals surface area contributed by atoms with Gasteiger partial charge in [0.05, 0.1) is 12.8 Å². The molecule has 0 unspecified atom stereocenters. The zero-order chi connectivity index (χ0) is 8.81. The third-order valence-electron chi connectivity index (χ3n) is 1.45. The fourth-order valence-corrected chi connectivity index (χ4v) is 1.15. The molecule has 0 bridgehead atoms. The van der Waals surface area contributed by atoms with E-state index in [0.717, 1.165) is 29.7 Å². The van der Waals surface area contributed by atoms with Crippen molar-refractivity contribution in [3.63, 3.8) is 0 Å². The topological polar surface area (TPSA) is 22.1 Å². The first-order chi connectivity index (χ1) is 5.83. The molecular formula is C9H12BrNO. The monoisotopic (exact) mass is 229 g/mol. The summed E-state index contributed by atoms with van der Waals surface area (Å²) in [5.41, 5.74) is 0. The lowest BCUT2D eigenvalue weighted by Gasteiger charge is -2.03. The van der Waals surface area contributed by atoms with Gasteiger partial charge in [0.15, 0.2) is 0 Å². The highest BCUT2D eigenvalue weighted by atomic mass is 79.9. The largest absolute Gasteiger partial charge is 0.492 e. The van der Waals surface area contributed by atoms with Gasteiger partial charge in [-0.3, -0.25) is 4.98 Å². The van der Waals surface area contributed by atoms with Gasteiger partial charge in [-0.1, -0.05) is 13.3 Å². The van der Waals surface area contributed by atoms with E-state index in [4.69, 9.17) is 4.74 Å². The Labute approximate surface area is 81.1 Å². The SMILES string of the molecule is CCCCOc1cncc(Br)c1. The van der Waals surface area contributed by atoms with Gasteiger partial charge < -0.3 is 4.74 Å². The van der Waals surface area contributed by atoms with E-state index in [1.807, 2.05) is 6.07 Å². The minimum absolute atomic E-state index is 0.772. The van der Waals surface area contributed by atoms with Crippen LogP contribution in [0, 0.1) is 0 Å². The van der Waals surface area contributed by atoms with Gasteiger partial charge in [-0.2, -0.15) is 0 Å². The van der Waals surface area contributed by atoms with Crippen LogP contribution in [0.1, 0.15) is 19.8 Å². The van der Waals surface area contributed by atoms with Gasteiger partial charge in [0, 0.05) is 10.7 Å². The van der Waals surface area contributed by atoms with Crippen molar-refractivity contribution in [2.45, 2.75) is 19.8 Å². The Bertz CT molecular complexity index is 240. The summed E-state index contributed by atoms with van der Waals surface area (Å²) < 4.78 is 6.39. The molecule has 3 heteroatoms. The Hall–Kier alpha value is -0.570. The highest BCUT2D eigenvalue weighted by Gasteiger charge is 1.93. The van der Waals surface area contributed by atoms with Crippen molar-refractivity contribution in [3.8, 4) is 5.75 Å². The predicted molar refractivity (Wildman–Crippen MR) is 52.3 cm³/mol. The molecule has 0 aromatic carbocycles. The molecule has 1 aromatic rings. The Balaban J connectivity index is 2.41. The number of ether oxygens (including phenoxy) is 1. The normalized spacial score (nSPS) is 9.83. The van der Waals surface area contributed by atoms with Crippen molar-refractivity contribution < 1.29 is 4.74 Å².